The molecule has 0 unspecified atom stereocenters. The summed E-state index contributed by atoms with van der Waals surface area (Å²) in [5, 5.41) is 8.60. The molecule has 4 nitrogen and oxygen atoms in total. The van der Waals surface area contributed by atoms with Crippen LogP contribution in [0.25, 0.3) is 6.08 Å². The van der Waals surface area contributed by atoms with Crippen LogP contribution in [-0.4, -0.2) is 22.7 Å². The molecule has 0 aliphatic carbocycles. The fraction of sp³-hybridized carbons (Fsp3) is 0.385. The molecule has 1 aromatic rings. The molecular weight excluding hydrogens is 218 g/mol. The van der Waals surface area contributed by atoms with Crippen LogP contribution >= 0.6 is 0 Å². The zero-order valence-electron chi connectivity index (χ0n) is 10.3. The van der Waals surface area contributed by atoms with Crippen molar-refractivity contribution in [3.8, 4) is 5.75 Å². The van der Waals surface area contributed by atoms with Gasteiger partial charge in [-0.3, -0.25) is 0 Å². The normalized spacial score (nSPS) is 11.1. The van der Waals surface area contributed by atoms with Gasteiger partial charge in [-0.05, 0) is 31.1 Å². The molecule has 0 amide bonds. The van der Waals surface area contributed by atoms with Crippen molar-refractivity contribution in [3.63, 3.8) is 0 Å². The molecule has 1 aromatic heterocycles. The van der Waals surface area contributed by atoms with Crippen LogP contribution in [-0.2, 0) is 4.79 Å². The lowest BCUT2D eigenvalue weighted by molar-refractivity contribution is -0.131. The molecule has 0 spiro atoms. The molecule has 0 aliphatic rings. The van der Waals surface area contributed by atoms with Crippen molar-refractivity contribution in [2.45, 2.75) is 20.8 Å². The zero-order valence-corrected chi connectivity index (χ0v) is 10.3. The molecular formula is C13H17NO3. The van der Waals surface area contributed by atoms with Gasteiger partial charge in [-0.2, -0.15) is 0 Å². The summed E-state index contributed by atoms with van der Waals surface area (Å²) in [5.41, 5.74) is 1.37. The Hall–Kier alpha value is -1.84. The number of aliphatic carboxylic acids is 1. The van der Waals surface area contributed by atoms with E-state index in [2.05, 4.69) is 4.98 Å². The van der Waals surface area contributed by atoms with Gasteiger partial charge in [0.15, 0.2) is 0 Å². The Morgan fingerprint density at radius 3 is 2.82 bits per heavy atom. The molecule has 0 atom stereocenters. The molecule has 92 valence electrons. The molecule has 17 heavy (non-hydrogen) atoms. The maximum atomic E-state index is 10.5. The van der Waals surface area contributed by atoms with E-state index in [9.17, 15) is 4.79 Å². The van der Waals surface area contributed by atoms with Gasteiger partial charge in [0.1, 0.15) is 11.4 Å². The molecule has 0 saturated carbocycles. The van der Waals surface area contributed by atoms with Gasteiger partial charge in [-0.15, -0.1) is 0 Å². The number of nitrogens with zero attached hydrogens (tertiary/aromatic N) is 1. The fourth-order valence-corrected chi connectivity index (χ4v) is 1.21. The van der Waals surface area contributed by atoms with Crippen LogP contribution in [0.4, 0.5) is 0 Å². The largest absolute Gasteiger partial charge is 0.491 e. The minimum absolute atomic E-state index is 0.410. The van der Waals surface area contributed by atoms with Gasteiger partial charge in [-0.25, -0.2) is 9.78 Å². The average Bonchev–Trinajstić information content (AvgIpc) is 2.24. The predicted molar refractivity (Wildman–Crippen MR) is 66.0 cm³/mol. The maximum Gasteiger partial charge on any atom is 0.328 e. The summed E-state index contributed by atoms with van der Waals surface area (Å²) in [5.74, 6) is 0.0255. The van der Waals surface area contributed by atoms with Crippen molar-refractivity contribution in [1.82, 2.24) is 4.98 Å². The highest BCUT2D eigenvalue weighted by Gasteiger charge is 2.04. The van der Waals surface area contributed by atoms with E-state index < -0.39 is 5.97 Å². The van der Waals surface area contributed by atoms with E-state index in [1.807, 2.05) is 32.9 Å². The van der Waals surface area contributed by atoms with Gasteiger partial charge in [0.05, 0.1) is 6.61 Å². The molecule has 1 rings (SSSR count). The van der Waals surface area contributed by atoms with Gasteiger partial charge in [-0.1, -0.05) is 13.8 Å². The Morgan fingerprint density at radius 1 is 1.53 bits per heavy atom. The first kappa shape index (κ1) is 13.2. The molecule has 4 heteroatoms. The number of carboxylic acids is 1. The highest BCUT2D eigenvalue weighted by molar-refractivity contribution is 5.85. The summed E-state index contributed by atoms with van der Waals surface area (Å²) in [7, 11) is 0. The SMILES string of the molecule is Cc1ccc(OCC(C)C)c(C=CC(=O)O)n1. The zero-order chi connectivity index (χ0) is 12.8. The molecule has 1 N–H and O–H groups in total. The number of hydrogen-bond acceptors (Lipinski definition) is 3. The minimum Gasteiger partial charge on any atom is -0.491 e. The number of pyridine rings is 1. The van der Waals surface area contributed by atoms with Crippen LogP contribution < -0.4 is 4.74 Å². The lowest BCUT2D eigenvalue weighted by atomic mass is 10.2. The summed E-state index contributed by atoms with van der Waals surface area (Å²) in [6, 6.07) is 3.65. The predicted octanol–water partition coefficient (Wildman–Crippen LogP) is 2.52. The standard InChI is InChI=1S/C13H17NO3/c1-9(2)8-17-12-6-4-10(3)14-11(12)5-7-13(15)16/h4-7,9H,8H2,1-3H3,(H,15,16). The van der Waals surface area contributed by atoms with Crippen molar-refractivity contribution in [2.75, 3.05) is 6.61 Å². The van der Waals surface area contributed by atoms with Gasteiger partial charge < -0.3 is 9.84 Å². The number of carboxylic acid groups (broad SMARTS) is 1. The van der Waals surface area contributed by atoms with E-state index in [4.69, 9.17) is 9.84 Å². The molecule has 0 saturated heterocycles. The molecule has 0 radical (unpaired) electrons. The van der Waals surface area contributed by atoms with E-state index in [-0.39, 0.29) is 0 Å². The van der Waals surface area contributed by atoms with Gasteiger partial charge in [0.25, 0.3) is 0 Å². The van der Waals surface area contributed by atoms with Crippen molar-refractivity contribution < 1.29 is 14.6 Å². The monoisotopic (exact) mass is 235 g/mol. The van der Waals surface area contributed by atoms with Crippen molar-refractivity contribution in [2.24, 2.45) is 5.92 Å². The molecule has 0 bridgehead atoms. The van der Waals surface area contributed by atoms with Crippen LogP contribution in [0.1, 0.15) is 25.2 Å². The Balaban J connectivity index is 2.91. The first-order chi connectivity index (χ1) is 7.99. The third-order valence-electron chi connectivity index (χ3n) is 1.98. The Morgan fingerprint density at radius 2 is 2.24 bits per heavy atom. The summed E-state index contributed by atoms with van der Waals surface area (Å²) in [4.78, 5) is 14.7. The second kappa shape index (κ2) is 6.03. The van der Waals surface area contributed by atoms with Crippen molar-refractivity contribution in [3.05, 3.63) is 29.6 Å². The minimum atomic E-state index is -0.997. The van der Waals surface area contributed by atoms with Crippen LogP contribution in [0.15, 0.2) is 18.2 Å². The number of aryl methyl sites for hydroxylation is 1. The first-order valence-corrected chi connectivity index (χ1v) is 5.50. The number of aromatic nitrogens is 1. The van der Waals surface area contributed by atoms with E-state index >= 15 is 0 Å². The van der Waals surface area contributed by atoms with Crippen LogP contribution in [0.5, 0.6) is 5.75 Å². The summed E-state index contributed by atoms with van der Waals surface area (Å²) < 4.78 is 5.58. The van der Waals surface area contributed by atoms with Crippen LogP contribution in [0, 0.1) is 12.8 Å². The Bertz CT molecular complexity index is 425. The highest BCUT2D eigenvalue weighted by Crippen LogP contribution is 2.19. The van der Waals surface area contributed by atoms with Gasteiger partial charge in [0, 0.05) is 11.8 Å². The van der Waals surface area contributed by atoms with Gasteiger partial charge in [0.2, 0.25) is 0 Å². The Labute approximate surface area is 101 Å². The third kappa shape index (κ3) is 4.68. The molecule has 0 aliphatic heterocycles. The quantitative estimate of drug-likeness (QED) is 0.797. The Kier molecular flexibility index (Phi) is 4.69. The fourth-order valence-electron chi connectivity index (χ4n) is 1.21. The van der Waals surface area contributed by atoms with Crippen molar-refractivity contribution in [1.29, 1.82) is 0 Å². The average molecular weight is 235 g/mol. The summed E-state index contributed by atoms with van der Waals surface area (Å²) in [6.45, 7) is 6.53. The molecule has 0 aromatic carbocycles. The first-order valence-electron chi connectivity index (χ1n) is 5.50. The van der Waals surface area contributed by atoms with E-state index in [0.29, 0.717) is 24.0 Å². The number of carbonyl (C=O) groups is 1. The highest BCUT2D eigenvalue weighted by atomic mass is 16.5. The number of ether oxygens (including phenoxy) is 1. The second-order valence-electron chi connectivity index (χ2n) is 4.21. The topological polar surface area (TPSA) is 59.4 Å². The van der Waals surface area contributed by atoms with Crippen LogP contribution in [0.3, 0.4) is 0 Å². The molecule has 1 heterocycles. The van der Waals surface area contributed by atoms with E-state index in [1.54, 1.807) is 0 Å². The smallest absolute Gasteiger partial charge is 0.328 e. The number of hydrogen-bond donors (Lipinski definition) is 1. The van der Waals surface area contributed by atoms with Gasteiger partial charge >= 0.3 is 5.97 Å². The van der Waals surface area contributed by atoms with E-state index in [1.165, 1.54) is 6.08 Å². The molecule has 0 fully saturated rings. The lowest BCUT2D eigenvalue weighted by Gasteiger charge is -2.11. The maximum absolute atomic E-state index is 10.5. The third-order valence-corrected chi connectivity index (χ3v) is 1.98. The van der Waals surface area contributed by atoms with E-state index in [0.717, 1.165) is 11.8 Å². The van der Waals surface area contributed by atoms with Crippen LogP contribution in [0.2, 0.25) is 0 Å². The summed E-state index contributed by atoms with van der Waals surface area (Å²) in [6.07, 6.45) is 2.51. The summed E-state index contributed by atoms with van der Waals surface area (Å²) >= 11 is 0. The second-order valence-corrected chi connectivity index (χ2v) is 4.21. The van der Waals surface area contributed by atoms with Crippen molar-refractivity contribution >= 4 is 12.0 Å². The lowest BCUT2D eigenvalue weighted by Crippen LogP contribution is -2.06. The number of rotatable bonds is 5.